The Morgan fingerprint density at radius 1 is 1.12 bits per heavy atom. The number of rotatable bonds is 6. The average molecular weight is 436 g/mol. The lowest BCUT2D eigenvalue weighted by Gasteiger charge is -2.23. The summed E-state index contributed by atoms with van der Waals surface area (Å²) in [7, 11) is 3.93. The summed E-state index contributed by atoms with van der Waals surface area (Å²) in [5.41, 5.74) is 2.29. The number of nitrogens with zero attached hydrogens (tertiary/aromatic N) is 6. The van der Waals surface area contributed by atoms with Crippen molar-refractivity contribution in [1.82, 2.24) is 33.6 Å². The zero-order chi connectivity index (χ0) is 22.4. The van der Waals surface area contributed by atoms with Crippen LogP contribution in [0.3, 0.4) is 0 Å². The maximum Gasteiger partial charge on any atom is 0.330 e. The quantitative estimate of drug-likeness (QED) is 0.502. The summed E-state index contributed by atoms with van der Waals surface area (Å²) < 4.78 is 5.61. The molecule has 9 heteroatoms. The van der Waals surface area contributed by atoms with E-state index in [1.54, 1.807) is 4.57 Å². The normalized spacial score (nSPS) is 17.2. The highest BCUT2D eigenvalue weighted by molar-refractivity contribution is 5.76. The fourth-order valence-electron chi connectivity index (χ4n) is 4.91. The van der Waals surface area contributed by atoms with Crippen LogP contribution in [-0.2, 0) is 27.2 Å². The summed E-state index contributed by atoms with van der Waals surface area (Å²) in [6.45, 7) is 4.16. The van der Waals surface area contributed by atoms with Crippen LogP contribution in [0, 0.1) is 0 Å². The summed E-state index contributed by atoms with van der Waals surface area (Å²) in [4.78, 5) is 39.5. The predicted molar refractivity (Wildman–Crippen MR) is 124 cm³/mol. The number of hydrogen-bond donors (Lipinski definition) is 1. The van der Waals surface area contributed by atoms with Gasteiger partial charge in [-0.3, -0.25) is 19.2 Å². The fraction of sp³-hybridized carbons (Fsp3) is 0.478. The molecule has 0 unspecified atom stereocenters. The molecule has 168 valence electrons. The van der Waals surface area contributed by atoms with Crippen molar-refractivity contribution in [3.8, 4) is 0 Å². The van der Waals surface area contributed by atoms with E-state index in [0.29, 0.717) is 24.3 Å². The van der Waals surface area contributed by atoms with Crippen molar-refractivity contribution in [2.45, 2.75) is 51.7 Å². The highest BCUT2D eigenvalue weighted by atomic mass is 16.2. The molecule has 0 bridgehead atoms. The molecule has 4 heterocycles. The lowest BCUT2D eigenvalue weighted by atomic mass is 10.2. The molecule has 1 saturated heterocycles. The van der Waals surface area contributed by atoms with Crippen LogP contribution in [0.4, 0.5) is 0 Å². The summed E-state index contributed by atoms with van der Waals surface area (Å²) in [5.74, 6) is 1.84. The first-order valence-electron chi connectivity index (χ1n) is 11.3. The van der Waals surface area contributed by atoms with Gasteiger partial charge in [0.25, 0.3) is 5.56 Å². The maximum atomic E-state index is 12.6. The van der Waals surface area contributed by atoms with E-state index in [0.717, 1.165) is 54.9 Å². The molecule has 1 fully saturated rings. The van der Waals surface area contributed by atoms with Gasteiger partial charge in [0.15, 0.2) is 11.2 Å². The van der Waals surface area contributed by atoms with Crippen LogP contribution >= 0.6 is 0 Å². The van der Waals surface area contributed by atoms with E-state index in [-0.39, 0.29) is 17.3 Å². The lowest BCUT2D eigenvalue weighted by Crippen LogP contribution is -2.31. The first-order chi connectivity index (χ1) is 15.5. The highest BCUT2D eigenvalue weighted by Gasteiger charge is 2.31. The van der Waals surface area contributed by atoms with Gasteiger partial charge in [0.05, 0.1) is 23.6 Å². The van der Waals surface area contributed by atoms with Crippen LogP contribution in [0.2, 0.25) is 0 Å². The van der Waals surface area contributed by atoms with Crippen molar-refractivity contribution in [1.29, 1.82) is 0 Å². The van der Waals surface area contributed by atoms with Crippen LogP contribution in [0.15, 0.2) is 33.9 Å². The Kier molecular flexibility index (Phi) is 5.21. The summed E-state index contributed by atoms with van der Waals surface area (Å²) in [6.07, 6.45) is 3.93. The number of fused-ring (bicyclic) bond motifs is 2. The molecule has 1 atom stereocenters. The fourth-order valence-corrected chi connectivity index (χ4v) is 4.91. The van der Waals surface area contributed by atoms with Gasteiger partial charge in [-0.25, -0.2) is 14.8 Å². The van der Waals surface area contributed by atoms with Gasteiger partial charge >= 0.3 is 5.69 Å². The van der Waals surface area contributed by atoms with E-state index in [1.165, 1.54) is 0 Å². The molecular weight excluding hydrogens is 406 g/mol. The smallest absolute Gasteiger partial charge is 0.330 e. The molecule has 32 heavy (non-hydrogen) atoms. The number of aromatic nitrogens is 6. The molecule has 0 radical (unpaired) electrons. The minimum Gasteiger partial charge on any atom is -0.330 e. The van der Waals surface area contributed by atoms with Crippen molar-refractivity contribution < 1.29 is 0 Å². The zero-order valence-electron chi connectivity index (χ0n) is 18.8. The number of H-pyrrole nitrogens is 1. The molecule has 0 spiro atoms. The van der Waals surface area contributed by atoms with Gasteiger partial charge in [0.1, 0.15) is 11.6 Å². The van der Waals surface area contributed by atoms with Crippen LogP contribution < -0.4 is 11.2 Å². The molecule has 0 saturated carbocycles. The van der Waals surface area contributed by atoms with Gasteiger partial charge in [-0.15, -0.1) is 0 Å². The summed E-state index contributed by atoms with van der Waals surface area (Å²) in [5, 5.41) is 0. The minimum absolute atomic E-state index is 0.188. The molecule has 1 N–H and O–H groups in total. The third kappa shape index (κ3) is 3.28. The van der Waals surface area contributed by atoms with Gasteiger partial charge < -0.3 is 9.13 Å². The molecule has 0 amide bonds. The average Bonchev–Trinajstić information content (AvgIpc) is 3.45. The maximum absolute atomic E-state index is 12.6. The summed E-state index contributed by atoms with van der Waals surface area (Å²) in [6, 6.07) is 8.38. The van der Waals surface area contributed by atoms with E-state index < -0.39 is 0 Å². The molecule has 1 aliphatic rings. The molecule has 4 aromatic rings. The number of imidazole rings is 2. The molecule has 1 aromatic carbocycles. The van der Waals surface area contributed by atoms with Crippen molar-refractivity contribution in [2.75, 3.05) is 6.54 Å². The van der Waals surface area contributed by atoms with Gasteiger partial charge in [-0.05, 0) is 37.9 Å². The predicted octanol–water partition coefficient (Wildman–Crippen LogP) is 2.45. The van der Waals surface area contributed by atoms with Crippen LogP contribution in [0.5, 0.6) is 0 Å². The SMILES string of the molecule is CCCCn1c(=O)[nH]c(=O)c2c1nc(CN1CCC[C@@H]1c1nc3ccccc3n1C)n2C. The summed E-state index contributed by atoms with van der Waals surface area (Å²) >= 11 is 0. The van der Waals surface area contributed by atoms with Crippen molar-refractivity contribution >= 4 is 22.2 Å². The number of aromatic amines is 1. The monoisotopic (exact) mass is 435 g/mol. The number of unbranched alkanes of at least 4 members (excludes halogenated alkanes) is 1. The standard InChI is InChI=1S/C23H29N7O2/c1-4-5-13-30-21-19(22(31)26-23(30)32)28(3)18(25-21)14-29-12-8-11-17(29)20-24-15-9-6-7-10-16(15)27(20)2/h6-7,9-10,17H,4-5,8,11-14H2,1-3H3,(H,26,31,32)/t17-/m1/s1. The van der Waals surface area contributed by atoms with E-state index in [9.17, 15) is 9.59 Å². The third-order valence-corrected chi connectivity index (χ3v) is 6.67. The first kappa shape index (κ1) is 20.7. The number of para-hydroxylation sites is 2. The Labute approximate surface area is 185 Å². The number of nitrogens with one attached hydrogen (secondary N) is 1. The van der Waals surface area contributed by atoms with Gasteiger partial charge in [0, 0.05) is 20.6 Å². The Morgan fingerprint density at radius 2 is 1.94 bits per heavy atom. The highest BCUT2D eigenvalue weighted by Crippen LogP contribution is 2.34. The number of aryl methyl sites for hydroxylation is 3. The van der Waals surface area contributed by atoms with Gasteiger partial charge in [-0.1, -0.05) is 25.5 Å². The molecular formula is C23H29N7O2. The van der Waals surface area contributed by atoms with Crippen LogP contribution in [0.25, 0.3) is 22.2 Å². The first-order valence-corrected chi connectivity index (χ1v) is 11.3. The molecule has 0 aliphatic carbocycles. The topological polar surface area (TPSA) is 93.7 Å². The van der Waals surface area contributed by atoms with E-state index in [2.05, 4.69) is 34.5 Å². The third-order valence-electron chi connectivity index (χ3n) is 6.67. The number of likely N-dealkylation sites (tertiary alicyclic amines) is 1. The molecule has 5 rings (SSSR count). The minimum atomic E-state index is -0.389. The Morgan fingerprint density at radius 3 is 2.72 bits per heavy atom. The number of hydrogen-bond acceptors (Lipinski definition) is 5. The molecule has 3 aromatic heterocycles. The van der Waals surface area contributed by atoms with Crippen molar-refractivity contribution in [3.05, 3.63) is 56.8 Å². The Balaban J connectivity index is 1.53. The van der Waals surface area contributed by atoms with Crippen LogP contribution in [-0.4, -0.2) is 40.1 Å². The van der Waals surface area contributed by atoms with Crippen molar-refractivity contribution in [3.63, 3.8) is 0 Å². The van der Waals surface area contributed by atoms with Crippen molar-refractivity contribution in [2.24, 2.45) is 14.1 Å². The zero-order valence-corrected chi connectivity index (χ0v) is 18.8. The van der Waals surface area contributed by atoms with E-state index in [4.69, 9.17) is 9.97 Å². The van der Waals surface area contributed by atoms with Crippen LogP contribution in [0.1, 0.15) is 50.3 Å². The van der Waals surface area contributed by atoms with E-state index >= 15 is 0 Å². The largest absolute Gasteiger partial charge is 0.330 e. The Hall–Kier alpha value is -3.20. The molecule has 1 aliphatic heterocycles. The lowest BCUT2D eigenvalue weighted by molar-refractivity contribution is 0.229. The number of benzene rings is 1. The second kappa shape index (κ2) is 8.05. The van der Waals surface area contributed by atoms with Gasteiger partial charge in [0.2, 0.25) is 0 Å². The molecule has 9 nitrogen and oxygen atoms in total. The second-order valence-electron chi connectivity index (χ2n) is 8.67. The van der Waals surface area contributed by atoms with Gasteiger partial charge in [-0.2, -0.15) is 0 Å². The Bertz CT molecular complexity index is 1410. The second-order valence-corrected chi connectivity index (χ2v) is 8.67. The van der Waals surface area contributed by atoms with E-state index in [1.807, 2.05) is 29.8 Å².